The van der Waals surface area contributed by atoms with Gasteiger partial charge in [0.25, 0.3) is 0 Å². The highest BCUT2D eigenvalue weighted by atomic mass is 19.1. The molecule has 0 saturated carbocycles. The Labute approximate surface area is 150 Å². The zero-order chi connectivity index (χ0) is 18.4. The molecule has 0 aliphatic heterocycles. The van der Waals surface area contributed by atoms with Gasteiger partial charge >= 0.3 is 0 Å². The molecule has 1 atom stereocenters. The summed E-state index contributed by atoms with van der Waals surface area (Å²) in [6.45, 7) is 0.362. The van der Waals surface area contributed by atoms with E-state index in [-0.39, 0.29) is 12.3 Å². The molecule has 134 valence electrons. The van der Waals surface area contributed by atoms with Crippen molar-refractivity contribution in [3.63, 3.8) is 0 Å². The normalized spacial score (nSPS) is 11.8. The number of halogens is 1. The Kier molecular flexibility index (Phi) is 5.52. The molecule has 2 N–H and O–H groups in total. The molecule has 1 amide bonds. The van der Waals surface area contributed by atoms with Crippen molar-refractivity contribution in [3.8, 4) is 0 Å². The maximum absolute atomic E-state index is 14.3. The molecule has 26 heavy (non-hydrogen) atoms. The standard InChI is InChI=1S/C18H19FN6O/c1-25-12-11-20-17(25)16(13-5-2-3-6-14(13)19)24-15(26)7-10-23-18-21-8-4-9-22-18/h2-6,8-9,11-12,16H,7,10H2,1H3,(H,24,26)(H,21,22,23)/t16-/m0/s1. The van der Waals surface area contributed by atoms with Crippen LogP contribution in [-0.2, 0) is 11.8 Å². The SMILES string of the molecule is Cn1ccnc1[C@@H](NC(=O)CCNc1ncccn1)c1ccccc1F. The van der Waals surface area contributed by atoms with E-state index in [4.69, 9.17) is 0 Å². The van der Waals surface area contributed by atoms with Gasteiger partial charge in [-0.05, 0) is 12.1 Å². The van der Waals surface area contributed by atoms with E-state index >= 15 is 0 Å². The summed E-state index contributed by atoms with van der Waals surface area (Å²) in [7, 11) is 1.80. The minimum absolute atomic E-state index is 0.188. The first-order chi connectivity index (χ1) is 12.6. The summed E-state index contributed by atoms with van der Waals surface area (Å²) in [5, 5.41) is 5.83. The van der Waals surface area contributed by atoms with Crippen LogP contribution in [-0.4, -0.2) is 32.0 Å². The molecule has 0 fully saturated rings. The zero-order valence-electron chi connectivity index (χ0n) is 14.3. The molecule has 2 heterocycles. The van der Waals surface area contributed by atoms with Gasteiger partial charge in [0.15, 0.2) is 0 Å². The number of benzene rings is 1. The number of carbonyl (C=O) groups is 1. The Balaban J connectivity index is 1.69. The first kappa shape index (κ1) is 17.5. The van der Waals surface area contributed by atoms with Gasteiger partial charge in [-0.3, -0.25) is 4.79 Å². The number of aromatic nitrogens is 4. The van der Waals surface area contributed by atoms with Crippen molar-refractivity contribution in [2.75, 3.05) is 11.9 Å². The second-order valence-electron chi connectivity index (χ2n) is 5.67. The van der Waals surface area contributed by atoms with E-state index in [1.165, 1.54) is 6.07 Å². The van der Waals surface area contributed by atoms with Gasteiger partial charge in [-0.15, -0.1) is 0 Å². The van der Waals surface area contributed by atoms with Crippen LogP contribution < -0.4 is 10.6 Å². The van der Waals surface area contributed by atoms with E-state index < -0.39 is 11.9 Å². The number of hydrogen-bond donors (Lipinski definition) is 2. The summed E-state index contributed by atoms with van der Waals surface area (Å²) in [6, 6.07) is 7.39. The number of aryl methyl sites for hydroxylation is 1. The molecule has 0 spiro atoms. The Morgan fingerprint density at radius 3 is 2.62 bits per heavy atom. The van der Waals surface area contributed by atoms with Gasteiger partial charge in [0, 0.05) is 50.4 Å². The van der Waals surface area contributed by atoms with Crippen molar-refractivity contribution in [1.82, 2.24) is 24.8 Å². The quantitative estimate of drug-likeness (QED) is 0.678. The molecule has 0 aliphatic carbocycles. The third kappa shape index (κ3) is 4.21. The van der Waals surface area contributed by atoms with Crippen LogP contribution in [0.15, 0.2) is 55.1 Å². The number of rotatable bonds is 7. The Bertz CT molecular complexity index is 867. The van der Waals surface area contributed by atoms with Gasteiger partial charge in [0.1, 0.15) is 17.7 Å². The molecular formula is C18H19FN6O. The number of nitrogens with one attached hydrogen (secondary N) is 2. The van der Waals surface area contributed by atoms with Crippen molar-refractivity contribution >= 4 is 11.9 Å². The topological polar surface area (TPSA) is 84.7 Å². The molecular weight excluding hydrogens is 335 g/mol. The molecule has 0 saturated heterocycles. The van der Waals surface area contributed by atoms with E-state index in [9.17, 15) is 9.18 Å². The minimum atomic E-state index is -0.670. The maximum atomic E-state index is 14.3. The van der Waals surface area contributed by atoms with E-state index in [0.717, 1.165) is 0 Å². The summed E-state index contributed by atoms with van der Waals surface area (Å²) in [5.74, 6) is 0.388. The van der Waals surface area contributed by atoms with Crippen LogP contribution >= 0.6 is 0 Å². The van der Waals surface area contributed by atoms with Crippen molar-refractivity contribution in [3.05, 3.63) is 72.3 Å². The highest BCUT2D eigenvalue weighted by Crippen LogP contribution is 2.23. The third-order valence-electron chi connectivity index (χ3n) is 3.84. The van der Waals surface area contributed by atoms with Crippen LogP contribution in [0.2, 0.25) is 0 Å². The van der Waals surface area contributed by atoms with Gasteiger partial charge in [0.2, 0.25) is 11.9 Å². The molecule has 3 rings (SSSR count). The smallest absolute Gasteiger partial charge is 0.222 e. The molecule has 1 aromatic carbocycles. The highest BCUT2D eigenvalue weighted by Gasteiger charge is 2.23. The Hall–Kier alpha value is -3.29. The van der Waals surface area contributed by atoms with Crippen molar-refractivity contribution in [2.45, 2.75) is 12.5 Å². The Morgan fingerprint density at radius 2 is 1.92 bits per heavy atom. The van der Waals surface area contributed by atoms with Gasteiger partial charge in [-0.1, -0.05) is 18.2 Å². The molecule has 0 unspecified atom stereocenters. The van der Waals surface area contributed by atoms with Crippen LogP contribution in [0.25, 0.3) is 0 Å². The van der Waals surface area contributed by atoms with E-state index in [0.29, 0.717) is 23.9 Å². The highest BCUT2D eigenvalue weighted by molar-refractivity contribution is 5.77. The number of nitrogens with zero attached hydrogens (tertiary/aromatic N) is 4. The number of hydrogen-bond acceptors (Lipinski definition) is 5. The van der Waals surface area contributed by atoms with Crippen molar-refractivity contribution < 1.29 is 9.18 Å². The second-order valence-corrected chi connectivity index (χ2v) is 5.67. The second kappa shape index (κ2) is 8.19. The van der Waals surface area contributed by atoms with Crippen LogP contribution in [0, 0.1) is 5.82 Å². The lowest BCUT2D eigenvalue weighted by Crippen LogP contribution is -2.32. The van der Waals surface area contributed by atoms with Gasteiger partial charge in [0.05, 0.1) is 0 Å². The predicted molar refractivity (Wildman–Crippen MR) is 94.7 cm³/mol. The lowest BCUT2D eigenvalue weighted by molar-refractivity contribution is -0.121. The fourth-order valence-electron chi connectivity index (χ4n) is 2.56. The van der Waals surface area contributed by atoms with E-state index in [1.54, 1.807) is 60.7 Å². The monoisotopic (exact) mass is 354 g/mol. The largest absolute Gasteiger partial charge is 0.354 e. The Morgan fingerprint density at radius 1 is 1.15 bits per heavy atom. The molecule has 0 radical (unpaired) electrons. The van der Waals surface area contributed by atoms with Crippen molar-refractivity contribution in [1.29, 1.82) is 0 Å². The molecule has 0 bridgehead atoms. The molecule has 7 nitrogen and oxygen atoms in total. The van der Waals surface area contributed by atoms with E-state index in [1.807, 2.05) is 0 Å². The van der Waals surface area contributed by atoms with Gasteiger partial charge in [-0.2, -0.15) is 0 Å². The molecule has 8 heteroatoms. The summed E-state index contributed by atoms with van der Waals surface area (Å²) < 4.78 is 16.0. The summed E-state index contributed by atoms with van der Waals surface area (Å²) >= 11 is 0. The van der Waals surface area contributed by atoms with Crippen LogP contribution in [0.4, 0.5) is 10.3 Å². The number of anilines is 1. The average Bonchev–Trinajstić information content (AvgIpc) is 3.07. The molecule has 2 aromatic heterocycles. The molecule has 3 aromatic rings. The lowest BCUT2D eigenvalue weighted by Gasteiger charge is -2.19. The lowest BCUT2D eigenvalue weighted by atomic mass is 10.1. The third-order valence-corrected chi connectivity index (χ3v) is 3.84. The predicted octanol–water partition coefficient (Wildman–Crippen LogP) is 2.06. The van der Waals surface area contributed by atoms with Crippen LogP contribution in [0.3, 0.4) is 0 Å². The van der Waals surface area contributed by atoms with E-state index in [2.05, 4.69) is 25.6 Å². The van der Waals surface area contributed by atoms with Gasteiger partial charge < -0.3 is 15.2 Å². The fraction of sp³-hybridized carbons (Fsp3) is 0.222. The van der Waals surface area contributed by atoms with Crippen LogP contribution in [0.1, 0.15) is 23.9 Å². The summed E-state index contributed by atoms with van der Waals surface area (Å²) in [5.41, 5.74) is 0.370. The van der Waals surface area contributed by atoms with Crippen LogP contribution in [0.5, 0.6) is 0 Å². The fourth-order valence-corrected chi connectivity index (χ4v) is 2.56. The number of carbonyl (C=O) groups excluding carboxylic acids is 1. The molecule has 0 aliphatic rings. The first-order valence-corrected chi connectivity index (χ1v) is 8.17. The average molecular weight is 354 g/mol. The van der Waals surface area contributed by atoms with Crippen molar-refractivity contribution in [2.24, 2.45) is 7.05 Å². The summed E-state index contributed by atoms with van der Waals surface area (Å²) in [6.07, 6.45) is 6.79. The number of imidazole rings is 1. The minimum Gasteiger partial charge on any atom is -0.354 e. The van der Waals surface area contributed by atoms with Gasteiger partial charge in [-0.25, -0.2) is 19.3 Å². The first-order valence-electron chi connectivity index (χ1n) is 8.17. The summed E-state index contributed by atoms with van der Waals surface area (Å²) in [4.78, 5) is 24.7. The maximum Gasteiger partial charge on any atom is 0.222 e. The zero-order valence-corrected chi connectivity index (χ0v) is 14.3. The number of amides is 1.